The van der Waals surface area contributed by atoms with Crippen LogP contribution in [-0.2, 0) is 59.7 Å². The van der Waals surface area contributed by atoms with Crippen LogP contribution in [0.25, 0.3) is 33.7 Å². The van der Waals surface area contributed by atoms with Gasteiger partial charge in [0.1, 0.15) is 30.9 Å². The fourth-order valence-corrected chi connectivity index (χ4v) is 7.97. The van der Waals surface area contributed by atoms with Crippen LogP contribution in [0.2, 0.25) is 51.4 Å². The first-order chi connectivity index (χ1) is 29.9. The van der Waals surface area contributed by atoms with Crippen molar-refractivity contribution in [1.29, 1.82) is 0 Å². The number of hydrogen-bond acceptors (Lipinski definition) is 14. The van der Waals surface area contributed by atoms with Crippen LogP contribution in [0.5, 0.6) is 0 Å². The molecule has 6 aromatic rings. The molecular formula is C41H60BBrN10O10Si2. The van der Waals surface area contributed by atoms with E-state index in [1.807, 2.05) is 0 Å². The molecule has 0 aliphatic carbocycles. The first-order valence-electron chi connectivity index (χ1n) is 20.3. The van der Waals surface area contributed by atoms with Crippen LogP contribution < -0.4 is 28.0 Å². The fourth-order valence-electron chi connectivity index (χ4n) is 6.01. The number of ether oxygens (including phenoxy) is 2. The number of imidazole rings is 2. The number of Topliss-reactive ketones (excluding diaryl/α,β-unsaturated/α-hetero) is 2. The summed E-state index contributed by atoms with van der Waals surface area (Å²) in [6, 6.07) is 8.65. The molecule has 0 saturated heterocycles. The summed E-state index contributed by atoms with van der Waals surface area (Å²) in [5, 5.41) is 17.1. The highest BCUT2D eigenvalue weighted by Crippen LogP contribution is 2.23. The van der Waals surface area contributed by atoms with Crippen LogP contribution in [-0.4, -0.2) is 105 Å². The third-order valence-corrected chi connectivity index (χ3v) is 13.6. The van der Waals surface area contributed by atoms with Crippen molar-refractivity contribution in [2.45, 2.75) is 99.2 Å². The number of halogens is 1. The zero-order chi connectivity index (χ0) is 47.7. The first kappa shape index (κ1) is 54.1. The second kappa shape index (κ2) is 23.3. The number of hydrogen-bond donors (Lipinski definition) is 2. The van der Waals surface area contributed by atoms with Gasteiger partial charge in [-0.15, -0.1) is 0 Å². The number of carbonyl (C=O) groups is 2. The Morgan fingerprint density at radius 1 is 0.662 bits per heavy atom. The average Bonchev–Trinajstić information content (AvgIpc) is 3.78. The molecule has 65 heavy (non-hydrogen) atoms. The number of rotatable bonds is 16. The SMILES string of the molecule is C.CC(=O)Cn1c(=O)c2c(nc(-c3ccncc3)n2COCC[Si](C)(C)C)n(C)c1=O.CC(=O)Cn1c(=O)c2c(nc(Br)n2COCC[Si](C)(C)C)n(C)c1=O.OB(O)c1ccncc1. The standard InChI is InChI=1S/C20H27N5O4Si.C15H23BrN4O4Si.C5H6BNO2.CH4/c1-14(26)12-24-19(27)16-18(23(2)20(24)28)22-17(15-6-8-21-9-7-15)25(16)13-29-10-11-30(3,4)5;1-10(21)8-19-13(22)11-12(18(2)15(19)23)17-14(16)20(11)9-24-6-7-25(3,4)5;8-6(9)5-1-3-7-4-2-5;/h6-9H,10-13H2,1-5H3;6-9H2,1-5H3;1-4,8-9H;1H4. The average molecular weight is 1000 g/mol. The van der Waals surface area contributed by atoms with Crippen LogP contribution in [0.4, 0.5) is 0 Å². The molecule has 2 N–H and O–H groups in total. The van der Waals surface area contributed by atoms with E-state index in [2.05, 4.69) is 75.1 Å². The third kappa shape index (κ3) is 14.4. The van der Waals surface area contributed by atoms with Crippen molar-refractivity contribution < 1.29 is 29.1 Å². The quantitative estimate of drug-likeness (QED) is 0.0806. The molecular weight excluding hydrogens is 939 g/mol. The van der Waals surface area contributed by atoms with Gasteiger partial charge in [-0.05, 0) is 71.6 Å². The highest BCUT2D eigenvalue weighted by atomic mass is 79.9. The van der Waals surface area contributed by atoms with Gasteiger partial charge in [0.15, 0.2) is 27.1 Å². The van der Waals surface area contributed by atoms with Gasteiger partial charge in [0.05, 0.1) is 13.1 Å². The van der Waals surface area contributed by atoms with Gasteiger partial charge in [-0.1, -0.05) is 46.7 Å². The van der Waals surface area contributed by atoms with E-state index < -0.39 is 45.8 Å². The molecule has 0 aromatic carbocycles. The van der Waals surface area contributed by atoms with E-state index >= 15 is 0 Å². The van der Waals surface area contributed by atoms with Gasteiger partial charge >= 0.3 is 18.5 Å². The zero-order valence-electron chi connectivity index (χ0n) is 37.9. The minimum Gasteiger partial charge on any atom is -0.423 e. The summed E-state index contributed by atoms with van der Waals surface area (Å²) in [6.45, 7) is 17.1. The van der Waals surface area contributed by atoms with E-state index in [1.165, 1.54) is 42.4 Å². The number of pyridine rings is 2. The second-order valence-electron chi connectivity index (χ2n) is 17.5. The van der Waals surface area contributed by atoms with Crippen molar-refractivity contribution in [2.24, 2.45) is 14.1 Å². The molecule has 6 aromatic heterocycles. The lowest BCUT2D eigenvalue weighted by Gasteiger charge is -2.16. The highest BCUT2D eigenvalue weighted by molar-refractivity contribution is 9.10. The predicted octanol–water partition coefficient (Wildman–Crippen LogP) is 2.82. The van der Waals surface area contributed by atoms with Crippen molar-refractivity contribution in [3.63, 3.8) is 0 Å². The molecule has 0 spiro atoms. The van der Waals surface area contributed by atoms with Crippen molar-refractivity contribution in [3.05, 3.63) is 95.5 Å². The molecule has 0 saturated carbocycles. The summed E-state index contributed by atoms with van der Waals surface area (Å²) in [6.07, 6.45) is 6.29. The minimum absolute atomic E-state index is 0. The molecule has 0 atom stereocenters. The number of ketones is 2. The van der Waals surface area contributed by atoms with Crippen molar-refractivity contribution >= 4 is 78.6 Å². The molecule has 0 fully saturated rings. The van der Waals surface area contributed by atoms with Crippen LogP contribution >= 0.6 is 15.9 Å². The van der Waals surface area contributed by atoms with Crippen molar-refractivity contribution in [1.82, 2.24) is 47.3 Å². The lowest BCUT2D eigenvalue weighted by molar-refractivity contribution is -0.118. The van der Waals surface area contributed by atoms with Crippen molar-refractivity contribution in [2.75, 3.05) is 13.2 Å². The smallest absolute Gasteiger partial charge is 0.423 e. The van der Waals surface area contributed by atoms with Gasteiger partial charge in [-0.25, -0.2) is 19.6 Å². The number of fused-ring (bicyclic) bond motifs is 2. The van der Waals surface area contributed by atoms with Gasteiger partial charge < -0.3 is 19.5 Å². The van der Waals surface area contributed by atoms with Crippen LogP contribution in [0, 0.1) is 0 Å². The molecule has 0 amide bonds. The lowest BCUT2D eigenvalue weighted by atomic mass is 9.81. The first-order valence-corrected chi connectivity index (χ1v) is 28.5. The summed E-state index contributed by atoms with van der Waals surface area (Å²) in [4.78, 5) is 90.5. The maximum atomic E-state index is 13.2. The molecule has 6 heterocycles. The number of carbonyl (C=O) groups excluding carboxylic acids is 2. The normalized spacial score (nSPS) is 11.4. The van der Waals surface area contributed by atoms with E-state index in [9.17, 15) is 28.8 Å². The third-order valence-electron chi connectivity index (χ3n) is 9.56. The van der Waals surface area contributed by atoms with E-state index in [4.69, 9.17) is 19.5 Å². The van der Waals surface area contributed by atoms with Gasteiger partial charge in [0.2, 0.25) is 0 Å². The Kier molecular flexibility index (Phi) is 19.4. The number of aryl methyl sites for hydroxylation is 2. The monoisotopic (exact) mass is 998 g/mol. The maximum absolute atomic E-state index is 13.2. The number of nitrogens with zero attached hydrogens (tertiary/aromatic N) is 10. The summed E-state index contributed by atoms with van der Waals surface area (Å²) in [7, 11) is -0.799. The Morgan fingerprint density at radius 2 is 1.06 bits per heavy atom. The Labute approximate surface area is 386 Å². The predicted molar refractivity (Wildman–Crippen MR) is 260 cm³/mol. The van der Waals surface area contributed by atoms with Gasteiger partial charge in [-0.2, -0.15) is 0 Å². The summed E-state index contributed by atoms with van der Waals surface area (Å²) in [5.41, 5.74) is -0.0322. The van der Waals surface area contributed by atoms with E-state index in [1.54, 1.807) is 52.8 Å². The van der Waals surface area contributed by atoms with E-state index in [0.717, 1.165) is 26.8 Å². The lowest BCUT2D eigenvalue weighted by Crippen LogP contribution is -2.41. The largest absolute Gasteiger partial charge is 0.488 e. The minimum atomic E-state index is -1.38. The Hall–Kier alpha value is -5.24. The molecule has 0 aliphatic rings. The Bertz CT molecular complexity index is 2830. The zero-order valence-corrected chi connectivity index (χ0v) is 41.4. The topological polar surface area (TPSA) is 242 Å². The molecule has 352 valence electrons. The van der Waals surface area contributed by atoms with Crippen LogP contribution in [0.15, 0.2) is 73.0 Å². The summed E-state index contributed by atoms with van der Waals surface area (Å²) >= 11 is 3.32. The van der Waals surface area contributed by atoms with Crippen LogP contribution in [0.3, 0.4) is 0 Å². The molecule has 6 rings (SSSR count). The molecule has 0 unspecified atom stereocenters. The number of aromatic nitrogens is 10. The second-order valence-corrected chi connectivity index (χ2v) is 29.4. The Morgan fingerprint density at radius 3 is 1.46 bits per heavy atom. The van der Waals surface area contributed by atoms with E-state index in [-0.39, 0.29) is 67.9 Å². The van der Waals surface area contributed by atoms with Crippen molar-refractivity contribution in [3.8, 4) is 11.4 Å². The van der Waals surface area contributed by atoms with Gasteiger partial charge in [-0.3, -0.25) is 56.5 Å². The molecule has 20 nitrogen and oxygen atoms in total. The highest BCUT2D eigenvalue weighted by Gasteiger charge is 2.23. The van der Waals surface area contributed by atoms with Gasteiger partial charge in [0.25, 0.3) is 11.1 Å². The summed E-state index contributed by atoms with van der Waals surface area (Å²) < 4.78 is 19.7. The molecule has 0 radical (unpaired) electrons. The maximum Gasteiger partial charge on any atom is 0.488 e. The Balaban J connectivity index is 0.000000289. The fraction of sp³-hybridized carbons (Fsp3) is 0.463. The summed E-state index contributed by atoms with van der Waals surface area (Å²) in [5.74, 6) is -0.0384. The van der Waals surface area contributed by atoms with Crippen LogP contribution in [0.1, 0.15) is 21.3 Å². The molecule has 24 heteroatoms. The molecule has 0 bridgehead atoms. The van der Waals surface area contributed by atoms with E-state index in [0.29, 0.717) is 29.2 Å². The molecule has 0 aliphatic heterocycles. The van der Waals surface area contributed by atoms with Gasteiger partial charge in [0, 0.05) is 73.8 Å².